The average molecular weight is 1980 g/mol. The molecule has 148 heavy (non-hydrogen) atoms. The zero-order valence-corrected chi connectivity index (χ0v) is 87.1. The van der Waals surface area contributed by atoms with Crippen LogP contribution in [0, 0.1) is 55.4 Å². The lowest BCUT2D eigenvalue weighted by Crippen LogP contribution is -2.53. The van der Waals surface area contributed by atoms with E-state index in [0.717, 1.165) is 194 Å². The largest absolute Gasteiger partial charge is 0.368 e. The SMILES string of the molecule is CCc1nc(C)cn2nc(-c3cc(=O)n4cc(C5=CC(C)(C)NC(C)(C)C5)ccc4n3)cc12.Cc1cc(-c2cc(=O)n3cc(N4CCN[C@H](C)C4)ccc3n2)cc2cn(C)nc12.Cc1cn2cc(-c3cc(=O)n4cc(C5=CCNCC5)ccc4n3)cc2c(C)n1.Cc1cn2nc(-c3cc(=O)n4cc(C5=CC(C)(C)NC(C)(C)C5)ccc4n3)cc2c(C)n1.Cc1cn2nc(-c3cc(=O)n4cc(CCCN)ccc4n3)cc2c(C)n1. The van der Waals surface area contributed by atoms with Gasteiger partial charge in [0.2, 0.25) is 0 Å². The van der Waals surface area contributed by atoms with E-state index in [2.05, 4.69) is 183 Å². The fourth-order valence-corrected chi connectivity index (χ4v) is 21.2. The minimum absolute atomic E-state index is 0.0237. The number of aromatic nitrogens is 23. The van der Waals surface area contributed by atoms with E-state index < -0.39 is 0 Å². The highest BCUT2D eigenvalue weighted by Crippen LogP contribution is 2.38. The van der Waals surface area contributed by atoms with E-state index in [0.29, 0.717) is 86.4 Å². The molecule has 20 aromatic rings. The molecule has 4 aliphatic rings. The van der Waals surface area contributed by atoms with Gasteiger partial charge >= 0.3 is 0 Å². The molecule has 23 heterocycles. The monoisotopic (exact) mass is 1980 g/mol. The van der Waals surface area contributed by atoms with Crippen LogP contribution >= 0.6 is 0 Å². The summed E-state index contributed by atoms with van der Waals surface area (Å²) < 4.78 is 17.4. The Labute approximate surface area is 853 Å². The maximum absolute atomic E-state index is 13.1. The number of hydrogen-bond acceptors (Lipinski definition) is 24. The molecule has 1 saturated heterocycles. The molecule has 0 unspecified atom stereocenters. The Balaban J connectivity index is 0.000000112. The number of piperazine rings is 1. The number of benzene rings is 1. The van der Waals surface area contributed by atoms with E-state index in [-0.39, 0.29) is 50.0 Å². The lowest BCUT2D eigenvalue weighted by atomic mass is 9.81. The van der Waals surface area contributed by atoms with Gasteiger partial charge in [-0.1, -0.05) is 31.2 Å². The molecule has 754 valence electrons. The molecule has 4 aliphatic heterocycles. The van der Waals surface area contributed by atoms with Crippen molar-refractivity contribution in [2.75, 3.05) is 44.2 Å². The Morgan fingerprint density at radius 1 is 0.412 bits per heavy atom. The molecule has 0 saturated carbocycles. The molecule has 34 heteroatoms. The number of fused-ring (bicyclic) bond motifs is 10. The molecule has 0 radical (unpaired) electrons. The predicted molar refractivity (Wildman–Crippen MR) is 585 cm³/mol. The van der Waals surface area contributed by atoms with Gasteiger partial charge in [0, 0.05) is 158 Å². The molecule has 0 spiro atoms. The lowest BCUT2D eigenvalue weighted by Gasteiger charge is -2.41. The van der Waals surface area contributed by atoms with Gasteiger partial charge in [0.05, 0.1) is 126 Å². The summed E-state index contributed by atoms with van der Waals surface area (Å²) in [5.41, 5.74) is 37.0. The zero-order valence-electron chi connectivity index (χ0n) is 87.1. The van der Waals surface area contributed by atoms with Crippen LogP contribution in [0.5, 0.6) is 0 Å². The fourth-order valence-electron chi connectivity index (χ4n) is 21.2. The Hall–Kier alpha value is -16.1. The quantitative estimate of drug-likeness (QED) is 0.0715. The normalized spacial score (nSPS) is 15.9. The Kier molecular flexibility index (Phi) is 26.4. The van der Waals surface area contributed by atoms with E-state index >= 15 is 0 Å². The molecule has 1 atom stereocenters. The van der Waals surface area contributed by atoms with Crippen molar-refractivity contribution in [1.82, 2.24) is 131 Å². The van der Waals surface area contributed by atoms with E-state index in [1.807, 2.05) is 217 Å². The highest BCUT2D eigenvalue weighted by atomic mass is 16.1. The summed E-state index contributed by atoms with van der Waals surface area (Å²) in [6.07, 6.45) is 33.0. The van der Waals surface area contributed by atoms with Crippen molar-refractivity contribution in [3.63, 3.8) is 0 Å². The molecule has 6 N–H and O–H groups in total. The van der Waals surface area contributed by atoms with Crippen molar-refractivity contribution in [1.29, 1.82) is 0 Å². The minimum atomic E-state index is -0.123. The Bertz CT molecular complexity index is 9160. The van der Waals surface area contributed by atoms with Gasteiger partial charge < -0.3 is 36.3 Å². The topological polar surface area (TPSA) is 375 Å². The molecule has 24 rings (SSSR count). The van der Waals surface area contributed by atoms with Crippen LogP contribution < -0.4 is 59.7 Å². The second-order valence-corrected chi connectivity index (χ2v) is 42.0. The van der Waals surface area contributed by atoms with Gasteiger partial charge in [0.25, 0.3) is 27.8 Å². The van der Waals surface area contributed by atoms with Crippen molar-refractivity contribution in [2.45, 2.75) is 191 Å². The van der Waals surface area contributed by atoms with Gasteiger partial charge in [0.1, 0.15) is 45.3 Å². The first-order chi connectivity index (χ1) is 70.6. The van der Waals surface area contributed by atoms with Gasteiger partial charge in [-0.15, -0.1) is 0 Å². The number of pyridine rings is 5. The van der Waals surface area contributed by atoms with Gasteiger partial charge in [-0.25, -0.2) is 38.5 Å². The third-order valence-electron chi connectivity index (χ3n) is 27.3. The van der Waals surface area contributed by atoms with Crippen LogP contribution in [0.2, 0.25) is 0 Å². The summed E-state index contributed by atoms with van der Waals surface area (Å²) >= 11 is 0. The van der Waals surface area contributed by atoms with Crippen molar-refractivity contribution in [2.24, 2.45) is 12.8 Å². The standard InChI is InChI=1S/C26H30N6O.C25H28N6O.C22H24N6O.C22H21N5O.C19H20N6O/c1-7-19-22-10-21(29-32(22)14-16(2)27-19)20-11-24(33)31-15-17(8-9-23(31)28-20)18-12-25(3,4)30-26(5,6)13-18;1-15-13-31-21(16(2)26-15)9-20(28-31)19-10-23(32)30-14-17(7-8-22(30)27-19)18-11-24(3,4)29-25(5,6)12-18;1-14-8-16(9-17-12-26(3)25-22(14)17)19-10-21(29)28-13-18(4-5-20(28)24-19)27-7-6-23-15(2)11-27;1-14-11-26-12-18(9-20(26)15(2)24-14)19-10-22(28)27-13-17(3-4-21(27)25-19)16-5-7-23-8-6-16;1-12-10-25-17(13(2)21-12)8-16(23-25)15-9-19(26)24-11-14(4-3-7-20)5-6-18(24)22-15/h8-12,14-15,30H,7,13H2,1-6H3;7-11,13-14,29H,12H2,1-6H3;4-5,8-10,12-13,15,23H,6-7,11H2,1-3H3;3-5,9-13,23H,6-8H2,1-2H3;5-6,8-11H,3-4,7,20H2,1-2H3/t;;15-;;/m..1../s1. The fraction of sp³-hybridized carbons (Fsp3) is 0.316. The second-order valence-electron chi connectivity index (χ2n) is 42.0. The van der Waals surface area contributed by atoms with Crippen molar-refractivity contribution < 1.29 is 0 Å². The third-order valence-corrected chi connectivity index (χ3v) is 27.3. The first-order valence-electron chi connectivity index (χ1n) is 50.4. The number of rotatable bonds is 13. The Morgan fingerprint density at radius 2 is 0.858 bits per heavy atom. The zero-order chi connectivity index (χ0) is 104. The first-order valence-corrected chi connectivity index (χ1v) is 50.4. The first kappa shape index (κ1) is 99.2. The number of nitrogens with one attached hydrogen (secondary N) is 4. The van der Waals surface area contributed by atoms with Crippen LogP contribution in [0.3, 0.4) is 0 Å². The third kappa shape index (κ3) is 20.9. The molecular weight excluding hydrogens is 1860 g/mol. The van der Waals surface area contributed by atoms with Crippen molar-refractivity contribution in [3.8, 4) is 56.7 Å². The van der Waals surface area contributed by atoms with Crippen LogP contribution in [-0.2, 0) is 19.9 Å². The average Bonchev–Trinajstić information content (AvgIpc) is 1.15. The van der Waals surface area contributed by atoms with Gasteiger partial charge in [-0.2, -0.15) is 20.4 Å². The summed E-state index contributed by atoms with van der Waals surface area (Å²) in [4.78, 5) is 108. The smallest absolute Gasteiger partial charge is 0.258 e. The van der Waals surface area contributed by atoms with Gasteiger partial charge in [-0.05, 0) is 305 Å². The number of hydrogen-bond donors (Lipinski definition) is 5. The number of anilines is 1. The summed E-state index contributed by atoms with van der Waals surface area (Å²) in [5, 5.41) is 33.5. The van der Waals surface area contributed by atoms with Crippen molar-refractivity contribution >= 4 is 83.6 Å². The van der Waals surface area contributed by atoms with E-state index in [4.69, 9.17) is 25.7 Å². The van der Waals surface area contributed by atoms with E-state index in [1.54, 1.807) is 55.3 Å². The van der Waals surface area contributed by atoms with Gasteiger partial charge in [-0.3, -0.25) is 70.6 Å². The number of nitrogens with zero attached hydrogens (tertiary/aromatic N) is 24. The minimum Gasteiger partial charge on any atom is -0.368 e. The van der Waals surface area contributed by atoms with Crippen LogP contribution in [-0.4, -0.2) is 177 Å². The number of nitrogens with two attached hydrogens (primary N) is 1. The summed E-state index contributed by atoms with van der Waals surface area (Å²) in [6.45, 7) is 42.7. The van der Waals surface area contributed by atoms with Crippen LogP contribution in [0.25, 0.3) is 135 Å². The molecular formula is C114H123N29O5. The highest BCUT2D eigenvalue weighted by molar-refractivity contribution is 5.87. The lowest BCUT2D eigenvalue weighted by molar-refractivity contribution is 0.297. The molecule has 0 bridgehead atoms. The number of aryl methyl sites for hydroxylation is 11. The maximum Gasteiger partial charge on any atom is 0.258 e. The van der Waals surface area contributed by atoms with E-state index in [9.17, 15) is 24.0 Å². The molecule has 19 aromatic heterocycles. The van der Waals surface area contributed by atoms with Crippen LogP contribution in [0.4, 0.5) is 5.69 Å². The molecule has 1 fully saturated rings. The molecule has 0 aliphatic carbocycles. The van der Waals surface area contributed by atoms with Crippen molar-refractivity contribution in [3.05, 3.63) is 339 Å². The second kappa shape index (κ2) is 39.3. The maximum atomic E-state index is 13.1. The predicted octanol–water partition coefficient (Wildman–Crippen LogP) is 15.4. The van der Waals surface area contributed by atoms with E-state index in [1.165, 1.54) is 22.8 Å². The molecule has 34 nitrogen and oxygen atoms in total. The Morgan fingerprint density at radius 3 is 1.35 bits per heavy atom. The summed E-state index contributed by atoms with van der Waals surface area (Å²) in [6, 6.07) is 40.0. The molecule has 1 aromatic carbocycles. The summed E-state index contributed by atoms with van der Waals surface area (Å²) in [7, 11) is 1.91. The van der Waals surface area contributed by atoms with Crippen LogP contribution in [0.15, 0.2) is 238 Å². The van der Waals surface area contributed by atoms with Crippen LogP contribution in [0.1, 0.15) is 168 Å². The summed E-state index contributed by atoms with van der Waals surface area (Å²) in [5.74, 6) is 0. The molecule has 0 amide bonds. The van der Waals surface area contributed by atoms with Gasteiger partial charge in [0.15, 0.2) is 0 Å². The highest BCUT2D eigenvalue weighted by Gasteiger charge is 2.35.